The molecular formula is C13H10ClNO2. The molecule has 0 atom stereocenters. The molecule has 1 aromatic rings. The van der Waals surface area contributed by atoms with Gasteiger partial charge in [-0.1, -0.05) is 11.6 Å². The summed E-state index contributed by atoms with van der Waals surface area (Å²) in [7, 11) is 0. The Morgan fingerprint density at radius 3 is 2.24 bits per heavy atom. The third-order valence-electron chi connectivity index (χ3n) is 2.24. The molecule has 1 N–H and O–H groups in total. The zero-order chi connectivity index (χ0) is 12.3. The van der Waals surface area contributed by atoms with Gasteiger partial charge in [0.1, 0.15) is 0 Å². The number of allylic oxidation sites excluding steroid dienone is 5. The lowest BCUT2D eigenvalue weighted by Crippen LogP contribution is -2.10. The number of hydrogen-bond donors (Lipinski definition) is 1. The van der Waals surface area contributed by atoms with E-state index >= 15 is 0 Å². The quantitative estimate of drug-likeness (QED) is 0.817. The number of nitrogens with zero attached hydrogens (tertiary/aromatic N) is 1. The smallest absolute Gasteiger partial charge is 0.178 e. The van der Waals surface area contributed by atoms with Gasteiger partial charge in [0.15, 0.2) is 5.78 Å². The zero-order valence-corrected chi connectivity index (χ0v) is 9.63. The molecule has 0 saturated heterocycles. The van der Waals surface area contributed by atoms with Crippen LogP contribution in [0.4, 0.5) is 5.69 Å². The van der Waals surface area contributed by atoms with E-state index in [0.29, 0.717) is 10.7 Å². The van der Waals surface area contributed by atoms with Gasteiger partial charge in [-0.05, 0) is 54.1 Å². The number of anilines is 1. The van der Waals surface area contributed by atoms with Crippen LogP contribution in [0.25, 0.3) is 0 Å². The Labute approximate surface area is 104 Å². The summed E-state index contributed by atoms with van der Waals surface area (Å²) in [5.74, 6) is -0.0573. The van der Waals surface area contributed by atoms with E-state index in [-0.39, 0.29) is 5.78 Å². The molecule has 0 heterocycles. The maximum atomic E-state index is 10.9. The van der Waals surface area contributed by atoms with Gasteiger partial charge in [-0.2, -0.15) is 0 Å². The minimum Gasteiger partial charge on any atom is -0.290 e. The first-order chi connectivity index (χ1) is 8.15. The lowest BCUT2D eigenvalue weighted by atomic mass is 10.1. The van der Waals surface area contributed by atoms with E-state index in [1.807, 2.05) is 0 Å². The summed E-state index contributed by atoms with van der Waals surface area (Å²) in [4.78, 5) is 10.9. The van der Waals surface area contributed by atoms with Gasteiger partial charge in [-0.3, -0.25) is 10.0 Å². The highest BCUT2D eigenvalue weighted by Crippen LogP contribution is 2.18. The third-order valence-corrected chi connectivity index (χ3v) is 2.49. The summed E-state index contributed by atoms with van der Waals surface area (Å²) in [5.41, 5.74) is 1.34. The van der Waals surface area contributed by atoms with Crippen LogP contribution in [0.2, 0.25) is 5.02 Å². The molecule has 4 heteroatoms. The molecule has 1 aliphatic carbocycles. The monoisotopic (exact) mass is 247 g/mol. The summed E-state index contributed by atoms with van der Waals surface area (Å²) in [6, 6.07) is 6.77. The van der Waals surface area contributed by atoms with Crippen LogP contribution in [0.15, 0.2) is 60.3 Å². The Balaban J connectivity index is 2.16. The number of ketones is 1. The molecule has 86 valence electrons. The first-order valence-corrected chi connectivity index (χ1v) is 5.38. The van der Waals surface area contributed by atoms with Crippen LogP contribution in [0.1, 0.15) is 0 Å². The molecule has 0 saturated carbocycles. The molecule has 1 aromatic carbocycles. The van der Waals surface area contributed by atoms with Gasteiger partial charge in [0.25, 0.3) is 0 Å². The number of carbonyl (C=O) groups excluding carboxylic acids is 1. The molecule has 0 aliphatic heterocycles. The van der Waals surface area contributed by atoms with Crippen molar-refractivity contribution in [2.45, 2.75) is 0 Å². The van der Waals surface area contributed by atoms with Crippen molar-refractivity contribution in [3.05, 3.63) is 65.4 Å². The Morgan fingerprint density at radius 1 is 1.06 bits per heavy atom. The summed E-state index contributed by atoms with van der Waals surface area (Å²) in [5, 5.41) is 11.4. The van der Waals surface area contributed by atoms with Gasteiger partial charge >= 0.3 is 0 Å². The molecule has 0 aromatic heterocycles. The van der Waals surface area contributed by atoms with Gasteiger partial charge < -0.3 is 0 Å². The molecule has 0 fully saturated rings. The number of rotatable bonds is 2. The van der Waals surface area contributed by atoms with Gasteiger partial charge in [0.05, 0.1) is 5.69 Å². The van der Waals surface area contributed by atoms with Crippen molar-refractivity contribution in [2.75, 3.05) is 5.06 Å². The van der Waals surface area contributed by atoms with Crippen molar-refractivity contribution < 1.29 is 10.0 Å². The number of benzene rings is 1. The van der Waals surface area contributed by atoms with E-state index in [0.717, 1.165) is 10.6 Å². The third kappa shape index (κ3) is 3.06. The summed E-state index contributed by atoms with van der Waals surface area (Å²) in [6.07, 6.45) is 7.69. The number of hydrogen-bond acceptors (Lipinski definition) is 3. The van der Waals surface area contributed by atoms with Crippen LogP contribution in [-0.2, 0) is 4.79 Å². The Kier molecular flexibility index (Phi) is 3.42. The predicted octanol–water partition coefficient (Wildman–Crippen LogP) is 3.11. The van der Waals surface area contributed by atoms with Crippen molar-refractivity contribution in [1.82, 2.24) is 0 Å². The average Bonchev–Trinajstić information content (AvgIpc) is 2.33. The molecule has 0 radical (unpaired) electrons. The van der Waals surface area contributed by atoms with Crippen molar-refractivity contribution in [2.24, 2.45) is 0 Å². The van der Waals surface area contributed by atoms with Crippen LogP contribution in [0, 0.1) is 0 Å². The summed E-state index contributed by atoms with van der Waals surface area (Å²) < 4.78 is 0. The molecular weight excluding hydrogens is 238 g/mol. The number of carbonyl (C=O) groups is 1. The van der Waals surface area contributed by atoms with Crippen molar-refractivity contribution >= 4 is 23.1 Å². The largest absolute Gasteiger partial charge is 0.290 e. The summed E-state index contributed by atoms with van der Waals surface area (Å²) in [6.45, 7) is 0. The van der Waals surface area contributed by atoms with Crippen LogP contribution in [0.5, 0.6) is 0 Å². The Hall–Kier alpha value is -1.84. The molecule has 0 spiro atoms. The number of halogens is 1. The zero-order valence-electron chi connectivity index (χ0n) is 8.88. The standard InChI is InChI=1S/C13H10ClNO2/c14-11-3-5-12(6-4-11)15(17)9-10-1-7-13(16)8-2-10/h1-9,17H. The van der Waals surface area contributed by atoms with Crippen LogP contribution in [0.3, 0.4) is 0 Å². The van der Waals surface area contributed by atoms with Crippen molar-refractivity contribution in [1.29, 1.82) is 0 Å². The minimum absolute atomic E-state index is 0.0573. The maximum Gasteiger partial charge on any atom is 0.178 e. The molecule has 1 aliphatic rings. The van der Waals surface area contributed by atoms with Crippen LogP contribution < -0.4 is 5.06 Å². The minimum atomic E-state index is -0.0573. The van der Waals surface area contributed by atoms with E-state index in [1.54, 1.807) is 36.4 Å². The SMILES string of the molecule is O=C1C=CC(=CN(O)c2ccc(Cl)cc2)C=C1. The second-order valence-electron chi connectivity index (χ2n) is 3.52. The van der Waals surface area contributed by atoms with Crippen molar-refractivity contribution in [3.8, 4) is 0 Å². The van der Waals surface area contributed by atoms with Gasteiger partial charge in [0, 0.05) is 11.2 Å². The second-order valence-corrected chi connectivity index (χ2v) is 3.96. The molecule has 0 unspecified atom stereocenters. The van der Waals surface area contributed by atoms with Crippen LogP contribution >= 0.6 is 11.6 Å². The van der Waals surface area contributed by atoms with E-state index < -0.39 is 0 Å². The van der Waals surface area contributed by atoms with E-state index in [9.17, 15) is 10.0 Å². The Morgan fingerprint density at radius 2 is 1.65 bits per heavy atom. The fourth-order valence-electron chi connectivity index (χ4n) is 1.36. The predicted molar refractivity (Wildman–Crippen MR) is 67.1 cm³/mol. The molecule has 0 bridgehead atoms. The Bertz CT molecular complexity index is 497. The molecule has 17 heavy (non-hydrogen) atoms. The molecule has 0 amide bonds. The van der Waals surface area contributed by atoms with Crippen LogP contribution in [-0.4, -0.2) is 11.0 Å². The van der Waals surface area contributed by atoms with E-state index in [2.05, 4.69) is 0 Å². The lowest BCUT2D eigenvalue weighted by Gasteiger charge is -2.13. The van der Waals surface area contributed by atoms with Gasteiger partial charge in [-0.25, -0.2) is 5.06 Å². The van der Waals surface area contributed by atoms with Crippen molar-refractivity contribution in [3.63, 3.8) is 0 Å². The maximum absolute atomic E-state index is 10.9. The molecule has 2 rings (SSSR count). The van der Waals surface area contributed by atoms with E-state index in [4.69, 9.17) is 11.6 Å². The normalized spacial score (nSPS) is 14.0. The summed E-state index contributed by atoms with van der Waals surface area (Å²) >= 11 is 5.75. The topological polar surface area (TPSA) is 40.5 Å². The fraction of sp³-hybridized carbons (Fsp3) is 0. The first-order valence-electron chi connectivity index (χ1n) is 5.01. The van der Waals surface area contributed by atoms with Gasteiger partial charge in [0.2, 0.25) is 0 Å². The highest BCUT2D eigenvalue weighted by atomic mass is 35.5. The first kappa shape index (κ1) is 11.6. The second kappa shape index (κ2) is 4.99. The highest BCUT2D eigenvalue weighted by molar-refractivity contribution is 6.30. The fourth-order valence-corrected chi connectivity index (χ4v) is 1.49. The van der Waals surface area contributed by atoms with Gasteiger partial charge in [-0.15, -0.1) is 0 Å². The number of hydroxylamine groups is 1. The molecule has 3 nitrogen and oxygen atoms in total. The highest BCUT2D eigenvalue weighted by Gasteiger charge is 2.03. The average molecular weight is 248 g/mol. The lowest BCUT2D eigenvalue weighted by molar-refractivity contribution is -0.110. The van der Waals surface area contributed by atoms with E-state index in [1.165, 1.54) is 18.4 Å².